The number of nitrogens with zero attached hydrogens (tertiary/aromatic N) is 1. The van der Waals surface area contributed by atoms with Crippen LogP contribution in [-0.4, -0.2) is 19.6 Å². The Hall–Kier alpha value is -1.16. The monoisotopic (exact) mass is 270 g/mol. The summed E-state index contributed by atoms with van der Waals surface area (Å²) in [7, 11) is 1.73. The average molecular weight is 270 g/mol. The molecule has 1 aromatic carbocycles. The van der Waals surface area contributed by atoms with Gasteiger partial charge in [-0.15, -0.1) is 0 Å². The van der Waals surface area contributed by atoms with Crippen LogP contribution in [0.3, 0.4) is 0 Å². The predicted molar refractivity (Wildman–Crippen MR) is 76.5 cm³/mol. The highest BCUT2D eigenvalue weighted by molar-refractivity contribution is 5.50. The van der Waals surface area contributed by atoms with Crippen molar-refractivity contribution in [2.75, 3.05) is 18.5 Å². The molecule has 1 rings (SSSR count). The van der Waals surface area contributed by atoms with Gasteiger partial charge in [-0.05, 0) is 24.1 Å². The summed E-state index contributed by atoms with van der Waals surface area (Å²) >= 11 is 0. The first-order chi connectivity index (χ1) is 8.95. The van der Waals surface area contributed by atoms with E-state index in [2.05, 4.69) is 12.2 Å². The van der Waals surface area contributed by atoms with Gasteiger partial charge in [-0.3, -0.25) is 0 Å². The van der Waals surface area contributed by atoms with Crippen molar-refractivity contribution in [1.82, 2.24) is 5.32 Å². The maximum Gasteiger partial charge on any atom is 0.149 e. The smallest absolute Gasteiger partial charge is 0.149 e. The molecule has 0 spiro atoms. The summed E-state index contributed by atoms with van der Waals surface area (Å²) in [5.74, 6) is -0.974. The molecular formula is C15H24F2N2. The van der Waals surface area contributed by atoms with Gasteiger partial charge in [-0.25, -0.2) is 8.78 Å². The largest absolute Gasteiger partial charge is 0.370 e. The molecule has 0 atom stereocenters. The van der Waals surface area contributed by atoms with Crippen molar-refractivity contribution in [2.45, 2.75) is 46.2 Å². The van der Waals surface area contributed by atoms with E-state index < -0.39 is 11.6 Å². The molecule has 0 amide bonds. The highest BCUT2D eigenvalue weighted by atomic mass is 19.1. The van der Waals surface area contributed by atoms with Gasteiger partial charge in [0.1, 0.15) is 17.3 Å². The van der Waals surface area contributed by atoms with E-state index in [0.717, 1.165) is 12.8 Å². The summed E-state index contributed by atoms with van der Waals surface area (Å²) in [4.78, 5) is 1.65. The molecule has 1 aromatic rings. The molecule has 0 saturated carbocycles. The van der Waals surface area contributed by atoms with Gasteiger partial charge in [0.05, 0.1) is 0 Å². The standard InChI is InChI=1S/C15H24F2N2/c1-5-6-7-19(4)15-13(16)8-12(9-14(15)17)10-18-11(2)3/h8-9,11,18H,5-7,10H2,1-4H3. The molecule has 0 unspecified atom stereocenters. The molecule has 0 aliphatic carbocycles. The number of hydrogen-bond acceptors (Lipinski definition) is 2. The number of hydrogen-bond donors (Lipinski definition) is 1. The van der Waals surface area contributed by atoms with Crippen LogP contribution >= 0.6 is 0 Å². The zero-order chi connectivity index (χ0) is 14.4. The minimum absolute atomic E-state index is 0.0711. The molecule has 0 fully saturated rings. The SMILES string of the molecule is CCCCN(C)c1c(F)cc(CNC(C)C)cc1F. The second kappa shape index (κ2) is 7.43. The van der Waals surface area contributed by atoms with E-state index >= 15 is 0 Å². The van der Waals surface area contributed by atoms with Crippen LogP contribution in [0.1, 0.15) is 39.2 Å². The Bertz CT molecular complexity index is 382. The normalized spacial score (nSPS) is 11.1. The molecule has 0 aliphatic heterocycles. The lowest BCUT2D eigenvalue weighted by Crippen LogP contribution is -2.23. The molecule has 0 heterocycles. The molecule has 0 aliphatic rings. The average Bonchev–Trinajstić information content (AvgIpc) is 2.33. The van der Waals surface area contributed by atoms with Gasteiger partial charge in [0, 0.05) is 26.2 Å². The number of halogens is 2. The molecule has 4 heteroatoms. The Kier molecular flexibility index (Phi) is 6.22. The third-order valence-electron chi connectivity index (χ3n) is 3.02. The van der Waals surface area contributed by atoms with Gasteiger partial charge in [0.15, 0.2) is 0 Å². The van der Waals surface area contributed by atoms with Crippen LogP contribution in [0.2, 0.25) is 0 Å². The topological polar surface area (TPSA) is 15.3 Å². The van der Waals surface area contributed by atoms with Crippen molar-refractivity contribution >= 4 is 5.69 Å². The Morgan fingerprint density at radius 1 is 1.21 bits per heavy atom. The van der Waals surface area contributed by atoms with Crippen molar-refractivity contribution in [2.24, 2.45) is 0 Å². The van der Waals surface area contributed by atoms with E-state index in [1.54, 1.807) is 11.9 Å². The fraction of sp³-hybridized carbons (Fsp3) is 0.600. The van der Waals surface area contributed by atoms with Gasteiger partial charge in [-0.2, -0.15) is 0 Å². The fourth-order valence-corrected chi connectivity index (χ4v) is 1.91. The minimum atomic E-state index is -0.487. The Morgan fingerprint density at radius 2 is 1.79 bits per heavy atom. The number of benzene rings is 1. The van der Waals surface area contributed by atoms with E-state index in [4.69, 9.17) is 0 Å². The van der Waals surface area contributed by atoms with Crippen LogP contribution in [-0.2, 0) is 6.54 Å². The zero-order valence-electron chi connectivity index (χ0n) is 12.3. The minimum Gasteiger partial charge on any atom is -0.370 e. The third-order valence-corrected chi connectivity index (χ3v) is 3.02. The van der Waals surface area contributed by atoms with Crippen LogP contribution in [0, 0.1) is 11.6 Å². The van der Waals surface area contributed by atoms with Crippen molar-refractivity contribution in [3.63, 3.8) is 0 Å². The lowest BCUT2D eigenvalue weighted by Gasteiger charge is -2.21. The highest BCUT2D eigenvalue weighted by Gasteiger charge is 2.15. The molecule has 108 valence electrons. The Morgan fingerprint density at radius 3 is 2.26 bits per heavy atom. The quantitative estimate of drug-likeness (QED) is 0.812. The third kappa shape index (κ3) is 4.78. The molecular weight excluding hydrogens is 246 g/mol. The zero-order valence-corrected chi connectivity index (χ0v) is 12.3. The number of nitrogens with one attached hydrogen (secondary N) is 1. The molecule has 19 heavy (non-hydrogen) atoms. The molecule has 0 aromatic heterocycles. The summed E-state index contributed by atoms with van der Waals surface area (Å²) < 4.78 is 28.0. The summed E-state index contributed by atoms with van der Waals surface area (Å²) in [6.07, 6.45) is 1.93. The first kappa shape index (κ1) is 15.9. The van der Waals surface area contributed by atoms with Gasteiger partial charge < -0.3 is 10.2 Å². The summed E-state index contributed by atoms with van der Waals surface area (Å²) in [6.45, 7) is 7.19. The number of unbranched alkanes of at least 4 members (excludes halogenated alkanes) is 1. The van der Waals surface area contributed by atoms with E-state index in [1.165, 1.54) is 12.1 Å². The molecule has 0 saturated heterocycles. The summed E-state index contributed by atoms with van der Waals surface area (Å²) in [6, 6.07) is 3.12. The second-order valence-corrected chi connectivity index (χ2v) is 5.22. The summed E-state index contributed by atoms with van der Waals surface area (Å²) in [5.41, 5.74) is 0.707. The highest BCUT2D eigenvalue weighted by Crippen LogP contribution is 2.24. The maximum absolute atomic E-state index is 14.0. The van der Waals surface area contributed by atoms with Crippen LogP contribution < -0.4 is 10.2 Å². The molecule has 0 radical (unpaired) electrons. The van der Waals surface area contributed by atoms with E-state index in [9.17, 15) is 8.78 Å². The van der Waals surface area contributed by atoms with Gasteiger partial charge >= 0.3 is 0 Å². The lowest BCUT2D eigenvalue weighted by molar-refractivity contribution is 0.556. The molecule has 0 bridgehead atoms. The van der Waals surface area contributed by atoms with E-state index in [0.29, 0.717) is 18.7 Å². The number of anilines is 1. The van der Waals surface area contributed by atoms with Crippen LogP contribution in [0.25, 0.3) is 0 Å². The van der Waals surface area contributed by atoms with Crippen molar-refractivity contribution in [3.8, 4) is 0 Å². The van der Waals surface area contributed by atoms with Crippen LogP contribution in [0.15, 0.2) is 12.1 Å². The maximum atomic E-state index is 14.0. The molecule has 1 N–H and O–H groups in total. The first-order valence-electron chi connectivity index (χ1n) is 6.88. The van der Waals surface area contributed by atoms with Gasteiger partial charge in [-0.1, -0.05) is 27.2 Å². The second-order valence-electron chi connectivity index (χ2n) is 5.22. The number of rotatable bonds is 7. The van der Waals surface area contributed by atoms with Crippen LogP contribution in [0.4, 0.5) is 14.5 Å². The van der Waals surface area contributed by atoms with E-state index in [-0.39, 0.29) is 11.7 Å². The Balaban J connectivity index is 2.84. The van der Waals surface area contributed by atoms with E-state index in [1.807, 2.05) is 13.8 Å². The van der Waals surface area contributed by atoms with Crippen molar-refractivity contribution in [1.29, 1.82) is 0 Å². The van der Waals surface area contributed by atoms with Crippen molar-refractivity contribution in [3.05, 3.63) is 29.3 Å². The van der Waals surface area contributed by atoms with Crippen molar-refractivity contribution < 1.29 is 8.78 Å². The summed E-state index contributed by atoms with van der Waals surface area (Å²) in [5, 5.41) is 3.15. The lowest BCUT2D eigenvalue weighted by atomic mass is 10.1. The molecule has 2 nitrogen and oxygen atoms in total. The van der Waals surface area contributed by atoms with Gasteiger partial charge in [0.25, 0.3) is 0 Å². The van der Waals surface area contributed by atoms with Gasteiger partial charge in [0.2, 0.25) is 0 Å². The Labute approximate surface area is 114 Å². The predicted octanol–water partition coefficient (Wildman–Crippen LogP) is 3.70. The first-order valence-corrected chi connectivity index (χ1v) is 6.88. The fourth-order valence-electron chi connectivity index (χ4n) is 1.91. The van der Waals surface area contributed by atoms with Crippen LogP contribution in [0.5, 0.6) is 0 Å².